The molecule has 1 fully saturated rings. The lowest BCUT2D eigenvalue weighted by Gasteiger charge is -2.24. The van der Waals surface area contributed by atoms with E-state index in [2.05, 4.69) is 6.58 Å². The minimum absolute atomic E-state index is 0.141. The van der Waals surface area contributed by atoms with Gasteiger partial charge in [0.15, 0.2) is 5.78 Å². The van der Waals surface area contributed by atoms with Crippen molar-refractivity contribution in [3.8, 4) is 0 Å². The highest BCUT2D eigenvalue weighted by Gasteiger charge is 2.18. The van der Waals surface area contributed by atoms with Crippen LogP contribution in [0.1, 0.15) is 12.8 Å². The lowest BCUT2D eigenvalue weighted by atomic mass is 10.1. The number of Topliss-reactive ketones (excluding diaryl/α,β-unsaturated/α-hetero) is 1. The first-order chi connectivity index (χ1) is 5.24. The van der Waals surface area contributed by atoms with Gasteiger partial charge < -0.3 is 4.90 Å². The van der Waals surface area contributed by atoms with E-state index in [1.54, 1.807) is 0 Å². The Balaban J connectivity index is 2.52. The van der Waals surface area contributed by atoms with E-state index in [0.717, 1.165) is 6.42 Å². The lowest BCUT2D eigenvalue weighted by Crippen LogP contribution is -2.39. The zero-order chi connectivity index (χ0) is 8.27. The summed E-state index contributed by atoms with van der Waals surface area (Å²) in [6, 6.07) is 0. The summed E-state index contributed by atoms with van der Waals surface area (Å²) in [5.41, 5.74) is 0. The normalized spacial score (nSPS) is 18.2. The van der Waals surface area contributed by atoms with Crippen molar-refractivity contribution < 1.29 is 9.59 Å². The van der Waals surface area contributed by atoms with Crippen molar-refractivity contribution in [2.45, 2.75) is 12.8 Å². The van der Waals surface area contributed by atoms with Crippen LogP contribution in [-0.4, -0.2) is 29.7 Å². The van der Waals surface area contributed by atoms with E-state index in [0.29, 0.717) is 13.0 Å². The molecule has 0 bridgehead atoms. The smallest absolute Gasteiger partial charge is 0.246 e. The molecule has 1 heterocycles. The molecule has 0 N–H and O–H groups in total. The molecule has 1 aliphatic rings. The van der Waals surface area contributed by atoms with Gasteiger partial charge >= 0.3 is 0 Å². The Labute approximate surface area is 65.7 Å². The SMILES string of the molecule is C=CC(=O)N1CCCC(=O)C1. The molecule has 0 aromatic heterocycles. The predicted molar refractivity (Wildman–Crippen MR) is 41.0 cm³/mol. The minimum atomic E-state index is -0.141. The third-order valence-electron chi connectivity index (χ3n) is 1.74. The second kappa shape index (κ2) is 3.32. The third kappa shape index (κ3) is 1.90. The number of hydrogen-bond donors (Lipinski definition) is 0. The summed E-state index contributed by atoms with van der Waals surface area (Å²) in [6.45, 7) is 4.32. The van der Waals surface area contributed by atoms with Gasteiger partial charge in [0.05, 0.1) is 6.54 Å². The first-order valence-electron chi connectivity index (χ1n) is 3.67. The number of piperidine rings is 1. The summed E-state index contributed by atoms with van der Waals surface area (Å²) >= 11 is 0. The number of amides is 1. The van der Waals surface area contributed by atoms with E-state index in [1.165, 1.54) is 11.0 Å². The topological polar surface area (TPSA) is 37.4 Å². The third-order valence-corrected chi connectivity index (χ3v) is 1.74. The van der Waals surface area contributed by atoms with E-state index in [9.17, 15) is 9.59 Å². The molecular formula is C8H11NO2. The molecule has 0 spiro atoms. The molecule has 1 amide bonds. The van der Waals surface area contributed by atoms with Crippen LogP contribution in [-0.2, 0) is 9.59 Å². The monoisotopic (exact) mass is 153 g/mol. The minimum Gasteiger partial charge on any atom is -0.332 e. The first kappa shape index (κ1) is 7.98. The van der Waals surface area contributed by atoms with Gasteiger partial charge in [-0.1, -0.05) is 6.58 Å². The second-order valence-corrected chi connectivity index (χ2v) is 2.61. The number of ketones is 1. The molecular weight excluding hydrogens is 142 g/mol. The molecule has 1 aliphatic heterocycles. The average Bonchev–Trinajstić information content (AvgIpc) is 2.03. The van der Waals surface area contributed by atoms with Gasteiger partial charge in [-0.2, -0.15) is 0 Å². The molecule has 3 nitrogen and oxygen atoms in total. The number of rotatable bonds is 1. The van der Waals surface area contributed by atoms with Crippen molar-refractivity contribution >= 4 is 11.7 Å². The van der Waals surface area contributed by atoms with Crippen molar-refractivity contribution in [3.63, 3.8) is 0 Å². The predicted octanol–water partition coefficient (Wildman–Crippen LogP) is 0.364. The molecule has 3 heteroatoms. The maximum Gasteiger partial charge on any atom is 0.246 e. The van der Waals surface area contributed by atoms with Crippen molar-refractivity contribution in [2.24, 2.45) is 0 Å². The van der Waals surface area contributed by atoms with Gasteiger partial charge in [0, 0.05) is 13.0 Å². The Morgan fingerprint density at radius 2 is 2.36 bits per heavy atom. The Morgan fingerprint density at radius 3 is 2.91 bits per heavy atom. The fourth-order valence-electron chi connectivity index (χ4n) is 1.16. The van der Waals surface area contributed by atoms with Gasteiger partial charge in [-0.05, 0) is 12.5 Å². The van der Waals surface area contributed by atoms with Crippen LogP contribution in [0.3, 0.4) is 0 Å². The maximum absolute atomic E-state index is 11.0. The molecule has 0 saturated carbocycles. The number of hydrogen-bond acceptors (Lipinski definition) is 2. The van der Waals surface area contributed by atoms with Crippen LogP contribution in [0.5, 0.6) is 0 Å². The molecule has 1 saturated heterocycles. The Bertz CT molecular complexity index is 198. The van der Waals surface area contributed by atoms with E-state index < -0.39 is 0 Å². The van der Waals surface area contributed by atoms with Gasteiger partial charge in [0.25, 0.3) is 0 Å². The summed E-state index contributed by atoms with van der Waals surface area (Å²) < 4.78 is 0. The highest BCUT2D eigenvalue weighted by atomic mass is 16.2. The van der Waals surface area contributed by atoms with Crippen molar-refractivity contribution in [1.82, 2.24) is 4.90 Å². The molecule has 11 heavy (non-hydrogen) atoms. The zero-order valence-corrected chi connectivity index (χ0v) is 6.38. The van der Waals surface area contributed by atoms with Gasteiger partial charge in [-0.3, -0.25) is 9.59 Å². The summed E-state index contributed by atoms with van der Waals surface area (Å²) in [6.07, 6.45) is 2.65. The zero-order valence-electron chi connectivity index (χ0n) is 6.38. The highest BCUT2D eigenvalue weighted by molar-refractivity contribution is 5.92. The van der Waals surface area contributed by atoms with Crippen molar-refractivity contribution in [3.05, 3.63) is 12.7 Å². The molecule has 0 aromatic rings. The number of likely N-dealkylation sites (tertiary alicyclic amines) is 1. The van der Waals surface area contributed by atoms with E-state index >= 15 is 0 Å². The Hall–Kier alpha value is -1.12. The molecule has 60 valence electrons. The van der Waals surface area contributed by atoms with Crippen molar-refractivity contribution in [1.29, 1.82) is 0 Å². The quantitative estimate of drug-likeness (QED) is 0.510. The molecule has 0 aliphatic carbocycles. The number of carbonyl (C=O) groups excluding carboxylic acids is 2. The van der Waals surface area contributed by atoms with E-state index in [-0.39, 0.29) is 18.2 Å². The van der Waals surface area contributed by atoms with Crippen LogP contribution in [0.25, 0.3) is 0 Å². The van der Waals surface area contributed by atoms with Crippen LogP contribution in [0.2, 0.25) is 0 Å². The highest BCUT2D eigenvalue weighted by Crippen LogP contribution is 2.05. The average molecular weight is 153 g/mol. The maximum atomic E-state index is 11.0. The fourth-order valence-corrected chi connectivity index (χ4v) is 1.16. The molecule has 0 atom stereocenters. The van der Waals surface area contributed by atoms with Crippen LogP contribution in [0.15, 0.2) is 12.7 Å². The van der Waals surface area contributed by atoms with E-state index in [4.69, 9.17) is 0 Å². The van der Waals surface area contributed by atoms with Gasteiger partial charge in [-0.15, -0.1) is 0 Å². The van der Waals surface area contributed by atoms with Gasteiger partial charge in [0.2, 0.25) is 5.91 Å². The lowest BCUT2D eigenvalue weighted by molar-refractivity contribution is -0.133. The van der Waals surface area contributed by atoms with E-state index in [1.807, 2.05) is 0 Å². The van der Waals surface area contributed by atoms with Crippen LogP contribution in [0, 0.1) is 0 Å². The molecule has 0 radical (unpaired) electrons. The van der Waals surface area contributed by atoms with Crippen molar-refractivity contribution in [2.75, 3.05) is 13.1 Å². The molecule has 0 aromatic carbocycles. The Kier molecular flexibility index (Phi) is 2.41. The number of carbonyl (C=O) groups is 2. The molecule has 0 unspecified atom stereocenters. The summed E-state index contributed by atoms with van der Waals surface area (Å²) in [4.78, 5) is 23.4. The fraction of sp³-hybridized carbons (Fsp3) is 0.500. The molecule has 1 rings (SSSR count). The number of nitrogens with zero attached hydrogens (tertiary/aromatic N) is 1. The van der Waals surface area contributed by atoms with Crippen LogP contribution < -0.4 is 0 Å². The summed E-state index contributed by atoms with van der Waals surface area (Å²) in [5, 5.41) is 0. The standard InChI is InChI=1S/C8H11NO2/c1-2-8(11)9-5-3-4-7(10)6-9/h2H,1,3-6H2. The van der Waals surface area contributed by atoms with Crippen LogP contribution in [0.4, 0.5) is 0 Å². The second-order valence-electron chi connectivity index (χ2n) is 2.61. The largest absolute Gasteiger partial charge is 0.332 e. The Morgan fingerprint density at radius 1 is 1.64 bits per heavy atom. The summed E-state index contributed by atoms with van der Waals surface area (Å²) in [7, 11) is 0. The van der Waals surface area contributed by atoms with Crippen LogP contribution >= 0.6 is 0 Å². The van der Waals surface area contributed by atoms with Gasteiger partial charge in [0.1, 0.15) is 0 Å². The first-order valence-corrected chi connectivity index (χ1v) is 3.67. The van der Waals surface area contributed by atoms with Gasteiger partial charge in [-0.25, -0.2) is 0 Å². The summed E-state index contributed by atoms with van der Waals surface area (Å²) in [5.74, 6) is 0.00417.